The van der Waals surface area contributed by atoms with E-state index in [0.29, 0.717) is 12.8 Å². The topological polar surface area (TPSA) is 58.6 Å². The van der Waals surface area contributed by atoms with Gasteiger partial charge in [0.25, 0.3) is 0 Å². The zero-order chi connectivity index (χ0) is 15.4. The molecule has 1 aliphatic rings. The van der Waals surface area contributed by atoms with Crippen LogP contribution in [0.2, 0.25) is 0 Å². The summed E-state index contributed by atoms with van der Waals surface area (Å²) < 4.78 is 19.1. The molecule has 0 aromatic heterocycles. The summed E-state index contributed by atoms with van der Waals surface area (Å²) >= 11 is 0. The van der Waals surface area contributed by atoms with Crippen LogP contribution in [0.3, 0.4) is 0 Å². The fourth-order valence-electron chi connectivity index (χ4n) is 2.82. The van der Waals surface area contributed by atoms with Crippen molar-refractivity contribution in [2.24, 2.45) is 5.92 Å². The lowest BCUT2D eigenvalue weighted by molar-refractivity contribution is -0.133. The van der Waals surface area contributed by atoms with Crippen molar-refractivity contribution in [3.63, 3.8) is 0 Å². The highest BCUT2D eigenvalue weighted by Crippen LogP contribution is 2.25. The average molecular weight is 295 g/mol. The van der Waals surface area contributed by atoms with Crippen molar-refractivity contribution in [2.75, 3.05) is 6.54 Å². The second-order valence-corrected chi connectivity index (χ2v) is 5.71. The zero-order valence-electron chi connectivity index (χ0n) is 12.4. The normalized spacial score (nSPS) is 27.1. The Labute approximate surface area is 124 Å². The van der Waals surface area contributed by atoms with Crippen LogP contribution >= 0.6 is 0 Å². The Morgan fingerprint density at radius 3 is 2.62 bits per heavy atom. The number of ether oxygens (including phenoxy) is 1. The lowest BCUT2D eigenvalue weighted by Crippen LogP contribution is -2.40. The number of aliphatic hydroxyl groups excluding tert-OH is 1. The number of amides is 1. The molecule has 1 fully saturated rings. The summed E-state index contributed by atoms with van der Waals surface area (Å²) in [6.07, 6.45) is 0.421. The van der Waals surface area contributed by atoms with E-state index in [1.54, 1.807) is 12.1 Å². The van der Waals surface area contributed by atoms with Crippen LogP contribution in [0.4, 0.5) is 4.39 Å². The molecule has 0 saturated carbocycles. The van der Waals surface area contributed by atoms with Gasteiger partial charge in [0, 0.05) is 18.0 Å². The van der Waals surface area contributed by atoms with Gasteiger partial charge >= 0.3 is 0 Å². The summed E-state index contributed by atoms with van der Waals surface area (Å²) in [5.41, 5.74) is 0.200. The smallest absolute Gasteiger partial charge is 0.223 e. The molecule has 1 saturated heterocycles. The van der Waals surface area contributed by atoms with Gasteiger partial charge in [0.15, 0.2) is 0 Å². The van der Waals surface area contributed by atoms with Crippen molar-refractivity contribution in [1.29, 1.82) is 0 Å². The van der Waals surface area contributed by atoms with Gasteiger partial charge in [-0.05, 0) is 32.8 Å². The minimum atomic E-state index is -1.04. The Morgan fingerprint density at radius 2 is 2.00 bits per heavy atom. The fraction of sp³-hybridized carbons (Fsp3) is 0.562. The Kier molecular flexibility index (Phi) is 5.31. The zero-order valence-corrected chi connectivity index (χ0v) is 12.4. The van der Waals surface area contributed by atoms with Crippen molar-refractivity contribution < 1.29 is 19.0 Å². The lowest BCUT2D eigenvalue weighted by atomic mass is 9.92. The van der Waals surface area contributed by atoms with E-state index < -0.39 is 11.9 Å². The molecule has 1 amide bonds. The van der Waals surface area contributed by atoms with Gasteiger partial charge in [0.05, 0.1) is 18.3 Å². The molecule has 3 unspecified atom stereocenters. The first-order chi connectivity index (χ1) is 9.97. The van der Waals surface area contributed by atoms with Crippen LogP contribution in [-0.4, -0.2) is 29.8 Å². The monoisotopic (exact) mass is 295 g/mol. The quantitative estimate of drug-likeness (QED) is 0.895. The van der Waals surface area contributed by atoms with Crippen molar-refractivity contribution in [3.05, 3.63) is 35.6 Å². The van der Waals surface area contributed by atoms with Gasteiger partial charge in [0.1, 0.15) is 5.82 Å². The molecule has 2 N–H and O–H groups in total. The van der Waals surface area contributed by atoms with Gasteiger partial charge in [-0.2, -0.15) is 0 Å². The molecule has 0 aliphatic carbocycles. The second-order valence-electron chi connectivity index (χ2n) is 5.71. The summed E-state index contributed by atoms with van der Waals surface area (Å²) in [6, 6.07) is 6.03. The molecule has 21 heavy (non-hydrogen) atoms. The van der Waals surface area contributed by atoms with Crippen molar-refractivity contribution in [1.82, 2.24) is 5.32 Å². The number of rotatable bonds is 4. The van der Waals surface area contributed by atoms with Crippen LogP contribution in [0.15, 0.2) is 24.3 Å². The van der Waals surface area contributed by atoms with Crippen LogP contribution < -0.4 is 5.32 Å². The average Bonchev–Trinajstić information content (AvgIpc) is 2.43. The molecule has 0 radical (unpaired) electrons. The standard InChI is InChI=1S/C16H22FNO3/c1-10-7-12(8-11(2)21-10)16(20)18-9-15(19)13-5-3-4-6-14(13)17/h3-6,10-12,15,19H,7-9H2,1-2H3,(H,18,20). The molecule has 0 bridgehead atoms. The highest BCUT2D eigenvalue weighted by atomic mass is 19.1. The third-order valence-electron chi connectivity index (χ3n) is 3.80. The summed E-state index contributed by atoms with van der Waals surface area (Å²) in [5, 5.41) is 12.7. The van der Waals surface area contributed by atoms with E-state index in [9.17, 15) is 14.3 Å². The van der Waals surface area contributed by atoms with Gasteiger partial charge in [-0.15, -0.1) is 0 Å². The summed E-state index contributed by atoms with van der Waals surface area (Å²) in [4.78, 5) is 12.1. The number of halogens is 1. The first-order valence-corrected chi connectivity index (χ1v) is 7.33. The Morgan fingerprint density at radius 1 is 1.38 bits per heavy atom. The highest BCUT2D eigenvalue weighted by Gasteiger charge is 2.29. The SMILES string of the molecule is CC1CC(C(=O)NCC(O)c2ccccc2F)CC(C)O1. The van der Waals surface area contributed by atoms with E-state index >= 15 is 0 Å². The summed E-state index contributed by atoms with van der Waals surface area (Å²) in [5.74, 6) is -0.684. The fourth-order valence-corrected chi connectivity index (χ4v) is 2.82. The molecule has 1 aromatic rings. The molecule has 0 spiro atoms. The summed E-state index contributed by atoms with van der Waals surface area (Å²) in [6.45, 7) is 3.91. The number of carbonyl (C=O) groups is 1. The molecular formula is C16H22FNO3. The molecule has 116 valence electrons. The van der Waals surface area contributed by atoms with Crippen LogP contribution in [0.5, 0.6) is 0 Å². The summed E-state index contributed by atoms with van der Waals surface area (Å²) in [7, 11) is 0. The van der Waals surface area contributed by atoms with Crippen LogP contribution in [0.25, 0.3) is 0 Å². The molecular weight excluding hydrogens is 273 g/mol. The predicted molar refractivity (Wildman–Crippen MR) is 77.1 cm³/mol. The number of hydrogen-bond donors (Lipinski definition) is 2. The van der Waals surface area contributed by atoms with Crippen molar-refractivity contribution in [2.45, 2.75) is 45.0 Å². The highest BCUT2D eigenvalue weighted by molar-refractivity contribution is 5.78. The second kappa shape index (κ2) is 7.00. The van der Waals surface area contributed by atoms with E-state index in [-0.39, 0.29) is 36.1 Å². The Hall–Kier alpha value is -1.46. The largest absolute Gasteiger partial charge is 0.386 e. The van der Waals surface area contributed by atoms with Crippen LogP contribution in [-0.2, 0) is 9.53 Å². The molecule has 5 heteroatoms. The van der Waals surface area contributed by atoms with Gasteiger partial charge in [-0.25, -0.2) is 4.39 Å². The van der Waals surface area contributed by atoms with Crippen LogP contribution in [0, 0.1) is 11.7 Å². The van der Waals surface area contributed by atoms with E-state index in [1.165, 1.54) is 12.1 Å². The molecule has 3 atom stereocenters. The molecule has 2 rings (SSSR count). The minimum Gasteiger partial charge on any atom is -0.386 e. The van der Waals surface area contributed by atoms with E-state index in [0.717, 1.165) is 0 Å². The molecule has 1 aliphatic heterocycles. The van der Waals surface area contributed by atoms with Crippen molar-refractivity contribution >= 4 is 5.91 Å². The first-order valence-electron chi connectivity index (χ1n) is 7.33. The maximum Gasteiger partial charge on any atom is 0.223 e. The molecule has 1 aromatic carbocycles. The van der Waals surface area contributed by atoms with Gasteiger partial charge < -0.3 is 15.2 Å². The maximum atomic E-state index is 13.5. The van der Waals surface area contributed by atoms with Gasteiger partial charge in [0.2, 0.25) is 5.91 Å². The number of carbonyl (C=O) groups excluding carboxylic acids is 1. The molecule has 1 heterocycles. The number of benzene rings is 1. The Balaban J connectivity index is 1.88. The van der Waals surface area contributed by atoms with E-state index in [2.05, 4.69) is 5.32 Å². The Bertz CT molecular complexity index is 484. The lowest BCUT2D eigenvalue weighted by Gasteiger charge is -2.31. The minimum absolute atomic E-state index is 0.0138. The third kappa shape index (κ3) is 4.25. The van der Waals surface area contributed by atoms with Crippen molar-refractivity contribution in [3.8, 4) is 0 Å². The first kappa shape index (κ1) is 15.9. The maximum absolute atomic E-state index is 13.5. The van der Waals surface area contributed by atoms with Gasteiger partial charge in [-0.1, -0.05) is 18.2 Å². The van der Waals surface area contributed by atoms with E-state index in [4.69, 9.17) is 4.74 Å². The number of hydrogen-bond acceptors (Lipinski definition) is 3. The van der Waals surface area contributed by atoms with E-state index in [1.807, 2.05) is 13.8 Å². The number of aliphatic hydroxyl groups is 1. The molecule has 4 nitrogen and oxygen atoms in total. The van der Waals surface area contributed by atoms with Gasteiger partial charge in [-0.3, -0.25) is 4.79 Å². The number of nitrogens with one attached hydrogen (secondary N) is 1. The predicted octanol–water partition coefficient (Wildman–Crippen LogP) is 2.18. The van der Waals surface area contributed by atoms with Crippen LogP contribution in [0.1, 0.15) is 38.4 Å². The third-order valence-corrected chi connectivity index (χ3v) is 3.80.